The van der Waals surface area contributed by atoms with Gasteiger partial charge in [-0.15, -0.1) is 0 Å². The maximum Gasteiger partial charge on any atom is 0.321 e. The maximum atomic E-state index is 11.8. The van der Waals surface area contributed by atoms with E-state index in [1.165, 1.54) is 0 Å². The SMILES string of the molecule is CCNC(=O)NC(=O)C(C)Nc1ccc(C)cc1Br. The van der Waals surface area contributed by atoms with E-state index in [0.717, 1.165) is 15.7 Å². The normalized spacial score (nSPS) is 11.6. The van der Waals surface area contributed by atoms with Crippen LogP contribution in [0.4, 0.5) is 10.5 Å². The van der Waals surface area contributed by atoms with Crippen LogP contribution in [0.5, 0.6) is 0 Å². The van der Waals surface area contributed by atoms with Crippen LogP contribution in [-0.2, 0) is 4.79 Å². The molecule has 104 valence electrons. The molecule has 0 aliphatic heterocycles. The second kappa shape index (κ2) is 7.13. The number of halogens is 1. The van der Waals surface area contributed by atoms with E-state index in [1.807, 2.05) is 25.1 Å². The Balaban J connectivity index is 2.61. The summed E-state index contributed by atoms with van der Waals surface area (Å²) < 4.78 is 0.880. The van der Waals surface area contributed by atoms with Crippen molar-refractivity contribution in [2.24, 2.45) is 0 Å². The molecule has 6 heteroatoms. The molecule has 0 bridgehead atoms. The monoisotopic (exact) mass is 327 g/mol. The molecule has 5 nitrogen and oxygen atoms in total. The van der Waals surface area contributed by atoms with Gasteiger partial charge >= 0.3 is 6.03 Å². The predicted octanol–water partition coefficient (Wildman–Crippen LogP) is 2.40. The number of amides is 3. The Morgan fingerprint density at radius 1 is 1.37 bits per heavy atom. The van der Waals surface area contributed by atoms with Gasteiger partial charge in [0.25, 0.3) is 0 Å². The van der Waals surface area contributed by atoms with E-state index in [4.69, 9.17) is 0 Å². The molecule has 1 atom stereocenters. The van der Waals surface area contributed by atoms with Crippen molar-refractivity contribution in [3.05, 3.63) is 28.2 Å². The van der Waals surface area contributed by atoms with Crippen LogP contribution in [0.2, 0.25) is 0 Å². The van der Waals surface area contributed by atoms with Gasteiger partial charge in [0.2, 0.25) is 5.91 Å². The summed E-state index contributed by atoms with van der Waals surface area (Å²) in [5.74, 6) is -0.376. The fourth-order valence-electron chi connectivity index (χ4n) is 1.46. The van der Waals surface area contributed by atoms with Gasteiger partial charge in [-0.05, 0) is 54.4 Å². The van der Waals surface area contributed by atoms with Gasteiger partial charge < -0.3 is 10.6 Å². The molecule has 0 aromatic heterocycles. The predicted molar refractivity (Wildman–Crippen MR) is 79.2 cm³/mol. The standard InChI is InChI=1S/C13H18BrN3O2/c1-4-15-13(19)17-12(18)9(3)16-11-6-5-8(2)7-10(11)14/h5-7,9,16H,4H2,1-3H3,(H2,15,17,18,19). The number of urea groups is 1. The summed E-state index contributed by atoms with van der Waals surface area (Å²) in [4.78, 5) is 23.0. The number of imide groups is 1. The first-order valence-corrected chi connectivity index (χ1v) is 6.84. The minimum atomic E-state index is -0.512. The molecule has 0 heterocycles. The summed E-state index contributed by atoms with van der Waals surface area (Å²) in [5.41, 5.74) is 1.93. The van der Waals surface area contributed by atoms with E-state index < -0.39 is 12.1 Å². The van der Waals surface area contributed by atoms with Crippen molar-refractivity contribution in [3.8, 4) is 0 Å². The molecule has 0 aliphatic rings. The Bertz CT molecular complexity index is 477. The zero-order valence-electron chi connectivity index (χ0n) is 11.2. The molecular weight excluding hydrogens is 310 g/mol. The summed E-state index contributed by atoms with van der Waals surface area (Å²) in [6, 6.07) is 4.79. The topological polar surface area (TPSA) is 70.2 Å². The molecule has 0 saturated heterocycles. The lowest BCUT2D eigenvalue weighted by Crippen LogP contribution is -2.45. The molecule has 1 aromatic carbocycles. The van der Waals surface area contributed by atoms with Crippen molar-refractivity contribution in [1.82, 2.24) is 10.6 Å². The largest absolute Gasteiger partial charge is 0.373 e. The van der Waals surface area contributed by atoms with Crippen LogP contribution in [0, 0.1) is 6.92 Å². The molecule has 3 amide bonds. The molecule has 0 radical (unpaired) electrons. The third-order valence-electron chi connectivity index (χ3n) is 2.46. The number of anilines is 1. The zero-order valence-corrected chi connectivity index (χ0v) is 12.8. The van der Waals surface area contributed by atoms with Crippen LogP contribution in [0.15, 0.2) is 22.7 Å². The Kier molecular flexibility index (Phi) is 5.82. The molecule has 0 saturated carbocycles. The van der Waals surface area contributed by atoms with Gasteiger partial charge in [0.1, 0.15) is 6.04 Å². The molecule has 0 spiro atoms. The molecule has 1 rings (SSSR count). The minimum Gasteiger partial charge on any atom is -0.373 e. The fourth-order valence-corrected chi connectivity index (χ4v) is 2.07. The Morgan fingerprint density at radius 3 is 2.63 bits per heavy atom. The van der Waals surface area contributed by atoms with Crippen molar-refractivity contribution in [2.45, 2.75) is 26.8 Å². The lowest BCUT2D eigenvalue weighted by atomic mass is 10.2. The summed E-state index contributed by atoms with van der Waals surface area (Å²) in [6.45, 7) is 5.94. The minimum absolute atomic E-state index is 0.376. The lowest BCUT2D eigenvalue weighted by molar-refractivity contribution is -0.120. The number of benzene rings is 1. The van der Waals surface area contributed by atoms with E-state index in [-0.39, 0.29) is 5.91 Å². The van der Waals surface area contributed by atoms with Crippen molar-refractivity contribution in [3.63, 3.8) is 0 Å². The van der Waals surface area contributed by atoms with Crippen LogP contribution in [-0.4, -0.2) is 24.5 Å². The van der Waals surface area contributed by atoms with Gasteiger partial charge in [-0.25, -0.2) is 4.79 Å². The number of hydrogen-bond acceptors (Lipinski definition) is 3. The first kappa shape index (κ1) is 15.5. The highest BCUT2D eigenvalue weighted by Gasteiger charge is 2.16. The molecule has 1 unspecified atom stereocenters. The summed E-state index contributed by atoms with van der Waals surface area (Å²) in [5, 5.41) is 7.82. The summed E-state index contributed by atoms with van der Waals surface area (Å²) in [6.07, 6.45) is 0. The number of carbonyl (C=O) groups excluding carboxylic acids is 2. The van der Waals surface area contributed by atoms with Gasteiger partial charge in [-0.2, -0.15) is 0 Å². The van der Waals surface area contributed by atoms with E-state index in [2.05, 4.69) is 31.9 Å². The molecule has 0 fully saturated rings. The van der Waals surface area contributed by atoms with Crippen LogP contribution in [0.3, 0.4) is 0 Å². The third-order valence-corrected chi connectivity index (χ3v) is 3.12. The highest BCUT2D eigenvalue weighted by Crippen LogP contribution is 2.23. The Labute approximate surface area is 121 Å². The van der Waals surface area contributed by atoms with Crippen molar-refractivity contribution in [2.75, 3.05) is 11.9 Å². The van der Waals surface area contributed by atoms with Crippen LogP contribution in [0.25, 0.3) is 0 Å². The lowest BCUT2D eigenvalue weighted by Gasteiger charge is -2.16. The summed E-state index contributed by atoms with van der Waals surface area (Å²) in [7, 11) is 0. The Hall–Kier alpha value is -1.56. The fraction of sp³-hybridized carbons (Fsp3) is 0.385. The average Bonchev–Trinajstić information content (AvgIpc) is 2.32. The van der Waals surface area contributed by atoms with Gasteiger partial charge in [0, 0.05) is 16.7 Å². The van der Waals surface area contributed by atoms with E-state index in [9.17, 15) is 9.59 Å². The quantitative estimate of drug-likeness (QED) is 0.795. The Morgan fingerprint density at radius 2 is 2.05 bits per heavy atom. The molecular formula is C13H18BrN3O2. The highest BCUT2D eigenvalue weighted by molar-refractivity contribution is 9.10. The van der Waals surface area contributed by atoms with Crippen molar-refractivity contribution < 1.29 is 9.59 Å². The molecule has 0 aliphatic carbocycles. The van der Waals surface area contributed by atoms with Gasteiger partial charge in [-0.1, -0.05) is 6.07 Å². The zero-order chi connectivity index (χ0) is 14.4. The number of aryl methyl sites for hydroxylation is 1. The second-order valence-corrected chi connectivity index (χ2v) is 5.05. The van der Waals surface area contributed by atoms with Crippen LogP contribution >= 0.6 is 15.9 Å². The second-order valence-electron chi connectivity index (χ2n) is 4.20. The number of hydrogen-bond donors (Lipinski definition) is 3. The number of rotatable bonds is 4. The first-order valence-electron chi connectivity index (χ1n) is 6.05. The maximum absolute atomic E-state index is 11.8. The van der Waals surface area contributed by atoms with Gasteiger partial charge in [0.05, 0.1) is 0 Å². The van der Waals surface area contributed by atoms with E-state index in [1.54, 1.807) is 13.8 Å². The van der Waals surface area contributed by atoms with Gasteiger partial charge in [-0.3, -0.25) is 10.1 Å². The number of carbonyl (C=O) groups is 2. The first-order chi connectivity index (χ1) is 8.93. The van der Waals surface area contributed by atoms with Gasteiger partial charge in [0.15, 0.2) is 0 Å². The average molecular weight is 328 g/mol. The highest BCUT2D eigenvalue weighted by atomic mass is 79.9. The molecule has 3 N–H and O–H groups in total. The molecule has 1 aromatic rings. The smallest absolute Gasteiger partial charge is 0.321 e. The van der Waals surface area contributed by atoms with Crippen molar-refractivity contribution in [1.29, 1.82) is 0 Å². The summed E-state index contributed by atoms with van der Waals surface area (Å²) >= 11 is 3.43. The molecule has 19 heavy (non-hydrogen) atoms. The van der Waals surface area contributed by atoms with E-state index in [0.29, 0.717) is 6.54 Å². The third kappa shape index (κ3) is 4.90. The van der Waals surface area contributed by atoms with Crippen LogP contribution < -0.4 is 16.0 Å². The van der Waals surface area contributed by atoms with E-state index >= 15 is 0 Å². The number of nitrogens with one attached hydrogen (secondary N) is 3. The van der Waals surface area contributed by atoms with Crippen molar-refractivity contribution >= 4 is 33.6 Å². The van der Waals surface area contributed by atoms with Crippen LogP contribution in [0.1, 0.15) is 19.4 Å².